The summed E-state index contributed by atoms with van der Waals surface area (Å²) in [4.78, 5) is 10.6. The number of aromatic nitrogens is 2. The van der Waals surface area contributed by atoms with Gasteiger partial charge in [0.15, 0.2) is 5.13 Å². The molecule has 0 saturated carbocycles. The molecule has 3 heterocycles. The summed E-state index contributed by atoms with van der Waals surface area (Å²) in [5, 5.41) is 7.68. The van der Waals surface area contributed by atoms with Crippen LogP contribution in [0.5, 0.6) is 0 Å². The van der Waals surface area contributed by atoms with E-state index in [4.69, 9.17) is 4.98 Å². The summed E-state index contributed by atoms with van der Waals surface area (Å²) in [6.07, 6.45) is 5.20. The number of nitrogens with one attached hydrogen (secondary N) is 2. The van der Waals surface area contributed by atoms with Crippen LogP contribution >= 0.6 is 11.3 Å². The highest BCUT2D eigenvalue weighted by molar-refractivity contribution is 7.15. The van der Waals surface area contributed by atoms with Crippen molar-refractivity contribution in [2.75, 3.05) is 18.4 Å². The van der Waals surface area contributed by atoms with E-state index >= 15 is 0 Å². The smallest absolute Gasteiger partial charge is 0.188 e. The maximum absolute atomic E-state index is 4.81. The van der Waals surface area contributed by atoms with Gasteiger partial charge in [-0.2, -0.15) is 0 Å². The second-order valence-corrected chi connectivity index (χ2v) is 7.51. The fourth-order valence-electron chi connectivity index (χ4n) is 3.22. The Morgan fingerprint density at radius 1 is 1.04 bits per heavy atom. The Bertz CT molecular complexity index is 809. The first-order valence-electron chi connectivity index (χ1n) is 8.80. The Balaban J connectivity index is 1.44. The topological polar surface area (TPSA) is 49.8 Å². The minimum atomic E-state index is 0.563. The van der Waals surface area contributed by atoms with E-state index in [-0.39, 0.29) is 0 Å². The van der Waals surface area contributed by atoms with Gasteiger partial charge in [0.05, 0.1) is 0 Å². The van der Waals surface area contributed by atoms with Crippen molar-refractivity contribution in [3.05, 3.63) is 70.9 Å². The largest absolute Gasteiger partial charge is 0.317 e. The highest BCUT2D eigenvalue weighted by Crippen LogP contribution is 2.27. The summed E-state index contributed by atoms with van der Waals surface area (Å²) in [6, 6.07) is 16.7. The normalized spacial score (nSPS) is 15.2. The van der Waals surface area contributed by atoms with E-state index in [1.807, 2.05) is 18.3 Å². The van der Waals surface area contributed by atoms with Gasteiger partial charge in [-0.1, -0.05) is 36.4 Å². The summed E-state index contributed by atoms with van der Waals surface area (Å²) in [5.41, 5.74) is 2.50. The first kappa shape index (κ1) is 16.2. The third kappa shape index (κ3) is 4.24. The van der Waals surface area contributed by atoms with Gasteiger partial charge in [-0.05, 0) is 43.6 Å². The number of nitrogens with zero attached hydrogens (tertiary/aromatic N) is 2. The molecule has 2 aromatic heterocycles. The van der Waals surface area contributed by atoms with Gasteiger partial charge in [-0.15, -0.1) is 11.3 Å². The maximum Gasteiger partial charge on any atom is 0.188 e. The summed E-state index contributed by atoms with van der Waals surface area (Å²) >= 11 is 1.69. The number of anilines is 2. The van der Waals surface area contributed by atoms with Gasteiger partial charge < -0.3 is 10.6 Å². The van der Waals surface area contributed by atoms with Crippen LogP contribution in [0.15, 0.2) is 54.7 Å². The zero-order chi connectivity index (χ0) is 16.9. The quantitative estimate of drug-likeness (QED) is 0.719. The average Bonchev–Trinajstić information content (AvgIpc) is 3.10. The number of hydrogen-bond acceptors (Lipinski definition) is 5. The molecule has 1 aliphatic rings. The minimum absolute atomic E-state index is 0.563. The Labute approximate surface area is 152 Å². The van der Waals surface area contributed by atoms with Crippen LogP contribution in [0, 0.1) is 0 Å². The Kier molecular flexibility index (Phi) is 5.04. The molecule has 3 aromatic rings. The fourth-order valence-corrected chi connectivity index (χ4v) is 4.07. The van der Waals surface area contributed by atoms with E-state index in [1.54, 1.807) is 11.3 Å². The minimum Gasteiger partial charge on any atom is -0.317 e. The molecule has 0 radical (unpaired) electrons. The number of hydrogen-bond donors (Lipinski definition) is 2. The fraction of sp³-hybridized carbons (Fsp3) is 0.300. The molecule has 0 unspecified atom stereocenters. The standard InChI is InChI=1S/C20H22N4S/c1-2-5-15(6-3-1)13-17-14-22-20(25-17)24-19-8-4-7-18(23-19)16-9-11-21-12-10-16/h1-8,14,16,21H,9-13H2,(H,22,23,24). The van der Waals surface area contributed by atoms with Crippen molar-refractivity contribution in [2.45, 2.75) is 25.2 Å². The molecule has 1 aliphatic heterocycles. The predicted molar refractivity (Wildman–Crippen MR) is 104 cm³/mol. The number of piperidine rings is 1. The molecule has 2 N–H and O–H groups in total. The van der Waals surface area contributed by atoms with E-state index in [2.05, 4.69) is 52.0 Å². The molecule has 4 rings (SSSR count). The second-order valence-electron chi connectivity index (χ2n) is 6.39. The monoisotopic (exact) mass is 350 g/mol. The zero-order valence-electron chi connectivity index (χ0n) is 14.1. The van der Waals surface area contributed by atoms with Crippen LogP contribution in [0.1, 0.15) is 34.9 Å². The van der Waals surface area contributed by atoms with Crippen LogP contribution < -0.4 is 10.6 Å². The van der Waals surface area contributed by atoms with Crippen LogP contribution in [-0.2, 0) is 6.42 Å². The van der Waals surface area contributed by atoms with E-state index in [0.717, 1.165) is 43.3 Å². The molecule has 0 atom stereocenters. The van der Waals surface area contributed by atoms with Crippen molar-refractivity contribution < 1.29 is 0 Å². The lowest BCUT2D eigenvalue weighted by molar-refractivity contribution is 0.453. The molecule has 1 fully saturated rings. The molecule has 1 saturated heterocycles. The molecular weight excluding hydrogens is 328 g/mol. The van der Waals surface area contributed by atoms with Gasteiger partial charge in [0.1, 0.15) is 5.82 Å². The van der Waals surface area contributed by atoms with Crippen molar-refractivity contribution in [3.8, 4) is 0 Å². The highest BCUT2D eigenvalue weighted by atomic mass is 32.1. The molecule has 4 nitrogen and oxygen atoms in total. The second kappa shape index (κ2) is 7.76. The van der Waals surface area contributed by atoms with Gasteiger partial charge in [0, 0.05) is 29.1 Å². The van der Waals surface area contributed by atoms with E-state index < -0.39 is 0 Å². The van der Waals surface area contributed by atoms with Gasteiger partial charge in [-0.25, -0.2) is 9.97 Å². The SMILES string of the molecule is c1ccc(Cc2cnc(Nc3cccc(C4CCNCC4)n3)s2)cc1. The van der Waals surface area contributed by atoms with Crippen LogP contribution in [0.3, 0.4) is 0 Å². The third-order valence-corrected chi connectivity index (χ3v) is 5.45. The van der Waals surface area contributed by atoms with E-state index in [1.165, 1.54) is 16.1 Å². The van der Waals surface area contributed by atoms with Gasteiger partial charge >= 0.3 is 0 Å². The predicted octanol–water partition coefficient (Wildman–Crippen LogP) is 4.34. The van der Waals surface area contributed by atoms with E-state index in [0.29, 0.717) is 5.92 Å². The van der Waals surface area contributed by atoms with Crippen molar-refractivity contribution >= 4 is 22.3 Å². The number of benzene rings is 1. The van der Waals surface area contributed by atoms with Crippen LogP contribution in [-0.4, -0.2) is 23.1 Å². The van der Waals surface area contributed by atoms with Crippen molar-refractivity contribution in [1.29, 1.82) is 0 Å². The van der Waals surface area contributed by atoms with Crippen molar-refractivity contribution in [1.82, 2.24) is 15.3 Å². The Hall–Kier alpha value is -2.24. The Morgan fingerprint density at radius 2 is 1.88 bits per heavy atom. The first-order chi connectivity index (χ1) is 12.4. The molecule has 25 heavy (non-hydrogen) atoms. The molecule has 5 heteroatoms. The van der Waals surface area contributed by atoms with Gasteiger partial charge in [0.2, 0.25) is 0 Å². The number of thiazole rings is 1. The van der Waals surface area contributed by atoms with E-state index in [9.17, 15) is 0 Å². The highest BCUT2D eigenvalue weighted by Gasteiger charge is 2.16. The summed E-state index contributed by atoms with van der Waals surface area (Å²) in [7, 11) is 0. The molecule has 0 amide bonds. The molecule has 0 spiro atoms. The lowest BCUT2D eigenvalue weighted by atomic mass is 9.94. The average molecular weight is 350 g/mol. The summed E-state index contributed by atoms with van der Waals surface area (Å²) in [5.74, 6) is 1.45. The lowest BCUT2D eigenvalue weighted by Crippen LogP contribution is -2.27. The molecule has 0 aliphatic carbocycles. The molecule has 0 bridgehead atoms. The van der Waals surface area contributed by atoms with Crippen LogP contribution in [0.2, 0.25) is 0 Å². The third-order valence-electron chi connectivity index (χ3n) is 4.54. The molecule has 128 valence electrons. The Morgan fingerprint density at radius 3 is 2.72 bits per heavy atom. The summed E-state index contributed by atoms with van der Waals surface area (Å²) in [6.45, 7) is 2.17. The van der Waals surface area contributed by atoms with Crippen molar-refractivity contribution in [3.63, 3.8) is 0 Å². The molecular formula is C20H22N4S. The summed E-state index contributed by atoms with van der Waals surface area (Å²) < 4.78 is 0. The first-order valence-corrected chi connectivity index (χ1v) is 9.62. The maximum atomic E-state index is 4.81. The zero-order valence-corrected chi connectivity index (χ0v) is 14.9. The van der Waals surface area contributed by atoms with Crippen molar-refractivity contribution in [2.24, 2.45) is 0 Å². The van der Waals surface area contributed by atoms with Gasteiger partial charge in [0.25, 0.3) is 0 Å². The number of rotatable bonds is 5. The van der Waals surface area contributed by atoms with Gasteiger partial charge in [-0.3, -0.25) is 0 Å². The number of pyridine rings is 1. The lowest BCUT2D eigenvalue weighted by Gasteiger charge is -2.22. The van der Waals surface area contributed by atoms with Crippen LogP contribution in [0.4, 0.5) is 10.9 Å². The molecule has 1 aromatic carbocycles. The van der Waals surface area contributed by atoms with Crippen LogP contribution in [0.25, 0.3) is 0 Å².